The zero-order valence-electron chi connectivity index (χ0n) is 21.7. The average Bonchev–Trinajstić information content (AvgIpc) is 3.27. The Hall–Kier alpha value is -3.43. The van der Waals surface area contributed by atoms with E-state index < -0.39 is 0 Å². The molecular formula is C29H32FN3O4S. The van der Waals surface area contributed by atoms with Crippen molar-refractivity contribution in [2.75, 3.05) is 53.5 Å². The summed E-state index contributed by atoms with van der Waals surface area (Å²) in [5, 5.41) is 2.07. The van der Waals surface area contributed by atoms with Gasteiger partial charge in [-0.25, -0.2) is 4.39 Å². The van der Waals surface area contributed by atoms with Crippen molar-refractivity contribution in [2.45, 2.75) is 18.9 Å². The molecule has 1 aromatic heterocycles. The third-order valence-corrected chi connectivity index (χ3v) is 8.30. The summed E-state index contributed by atoms with van der Waals surface area (Å²) in [6, 6.07) is 13.8. The molecule has 0 aliphatic carbocycles. The normalized spacial score (nSPS) is 18.0. The molecule has 9 heteroatoms. The van der Waals surface area contributed by atoms with Crippen LogP contribution < -0.4 is 9.47 Å². The number of rotatable bonds is 6. The Morgan fingerprint density at radius 3 is 2.42 bits per heavy atom. The summed E-state index contributed by atoms with van der Waals surface area (Å²) in [5.41, 5.74) is 2.51. The molecule has 1 atom stereocenters. The minimum Gasteiger partial charge on any atom is -0.497 e. The standard InChI is InChI=1S/C29H32FN3O4S/c1-36-23-16-21(17-24(18-23)37-2)29(35)32-10-4-9-31(12-13-32)27(34)19-33-11-7-26-25(8-14-38-26)28(33)20-5-3-6-22(30)15-20/h3,5-6,8,14-18,28H,4,7,9-13,19H2,1-2H3/t28-/m0/s1. The van der Waals surface area contributed by atoms with E-state index in [9.17, 15) is 14.0 Å². The number of halogens is 1. The third-order valence-electron chi connectivity index (χ3n) is 7.30. The van der Waals surface area contributed by atoms with E-state index in [1.54, 1.807) is 60.8 Å². The van der Waals surface area contributed by atoms with E-state index in [-0.39, 0.29) is 30.2 Å². The molecule has 1 saturated heterocycles. The second-order valence-electron chi connectivity index (χ2n) is 9.61. The van der Waals surface area contributed by atoms with E-state index in [4.69, 9.17) is 9.47 Å². The maximum Gasteiger partial charge on any atom is 0.254 e. The number of amides is 2. The van der Waals surface area contributed by atoms with Gasteiger partial charge in [0.25, 0.3) is 5.91 Å². The van der Waals surface area contributed by atoms with Crippen molar-refractivity contribution in [3.8, 4) is 11.5 Å². The van der Waals surface area contributed by atoms with Crippen LogP contribution in [0.1, 0.15) is 38.8 Å². The minimum absolute atomic E-state index is 0.0300. The first kappa shape index (κ1) is 26.2. The Morgan fingerprint density at radius 1 is 0.947 bits per heavy atom. The van der Waals surface area contributed by atoms with Gasteiger partial charge >= 0.3 is 0 Å². The van der Waals surface area contributed by atoms with Crippen molar-refractivity contribution in [1.29, 1.82) is 0 Å². The fourth-order valence-electron chi connectivity index (χ4n) is 5.36. The lowest BCUT2D eigenvalue weighted by Crippen LogP contribution is -2.45. The van der Waals surface area contributed by atoms with Gasteiger partial charge in [-0.05, 0) is 59.7 Å². The van der Waals surface area contributed by atoms with Crippen molar-refractivity contribution < 1.29 is 23.5 Å². The van der Waals surface area contributed by atoms with Gasteiger partial charge in [0.05, 0.1) is 26.8 Å². The maximum absolute atomic E-state index is 14.1. The summed E-state index contributed by atoms with van der Waals surface area (Å²) >= 11 is 1.72. The van der Waals surface area contributed by atoms with Crippen LogP contribution in [0.25, 0.3) is 0 Å². The highest BCUT2D eigenvalue weighted by molar-refractivity contribution is 7.10. The predicted octanol–water partition coefficient (Wildman–Crippen LogP) is 4.23. The monoisotopic (exact) mass is 537 g/mol. The van der Waals surface area contributed by atoms with Gasteiger partial charge in [0.2, 0.25) is 5.91 Å². The smallest absolute Gasteiger partial charge is 0.254 e. The number of nitrogens with zero attached hydrogens (tertiary/aromatic N) is 3. The number of hydrogen-bond acceptors (Lipinski definition) is 6. The molecule has 0 bridgehead atoms. The summed E-state index contributed by atoms with van der Waals surface area (Å²) in [6.07, 6.45) is 1.57. The number of fused-ring (bicyclic) bond motifs is 1. The number of benzene rings is 2. The quantitative estimate of drug-likeness (QED) is 0.471. The van der Waals surface area contributed by atoms with Crippen molar-refractivity contribution >= 4 is 23.2 Å². The Morgan fingerprint density at radius 2 is 1.68 bits per heavy atom. The van der Waals surface area contributed by atoms with Crippen LogP contribution in [-0.2, 0) is 11.2 Å². The first-order valence-electron chi connectivity index (χ1n) is 12.8. The average molecular weight is 538 g/mol. The van der Waals surface area contributed by atoms with Gasteiger partial charge in [0.1, 0.15) is 17.3 Å². The molecule has 38 heavy (non-hydrogen) atoms. The van der Waals surface area contributed by atoms with Gasteiger partial charge in [0, 0.05) is 49.2 Å². The van der Waals surface area contributed by atoms with Gasteiger partial charge in [-0.3, -0.25) is 14.5 Å². The molecule has 5 rings (SSSR count). The summed E-state index contributed by atoms with van der Waals surface area (Å²) < 4.78 is 24.8. The third kappa shape index (κ3) is 5.54. The zero-order chi connectivity index (χ0) is 26.6. The topological polar surface area (TPSA) is 62.3 Å². The predicted molar refractivity (Wildman–Crippen MR) is 144 cm³/mol. The molecule has 0 spiro atoms. The first-order chi connectivity index (χ1) is 18.5. The molecule has 200 valence electrons. The van der Waals surface area contributed by atoms with Gasteiger partial charge in [-0.1, -0.05) is 12.1 Å². The van der Waals surface area contributed by atoms with Gasteiger partial charge < -0.3 is 19.3 Å². The zero-order valence-corrected chi connectivity index (χ0v) is 22.5. The Bertz CT molecular complexity index is 1290. The molecule has 2 aliphatic heterocycles. The van der Waals surface area contributed by atoms with Crippen LogP contribution in [0.15, 0.2) is 53.9 Å². The summed E-state index contributed by atoms with van der Waals surface area (Å²) in [5.74, 6) is 0.762. The van der Waals surface area contributed by atoms with E-state index in [0.29, 0.717) is 49.7 Å². The van der Waals surface area contributed by atoms with Crippen molar-refractivity contribution in [3.05, 3.63) is 81.3 Å². The van der Waals surface area contributed by atoms with Crippen molar-refractivity contribution in [3.63, 3.8) is 0 Å². The van der Waals surface area contributed by atoms with Crippen LogP contribution in [0, 0.1) is 5.82 Å². The Balaban J connectivity index is 1.27. The summed E-state index contributed by atoms with van der Waals surface area (Å²) in [4.78, 5) is 33.9. The van der Waals surface area contributed by atoms with Crippen LogP contribution in [0.2, 0.25) is 0 Å². The largest absolute Gasteiger partial charge is 0.497 e. The maximum atomic E-state index is 14.1. The molecule has 3 heterocycles. The number of hydrogen-bond donors (Lipinski definition) is 0. The second-order valence-corrected chi connectivity index (χ2v) is 10.6. The molecule has 2 aromatic carbocycles. The molecule has 2 amide bonds. The van der Waals surface area contributed by atoms with Crippen LogP contribution in [-0.4, -0.2) is 80.0 Å². The number of carbonyl (C=O) groups excluding carboxylic acids is 2. The second kappa shape index (κ2) is 11.5. The number of thiophene rings is 1. The summed E-state index contributed by atoms with van der Waals surface area (Å²) in [6.45, 7) is 3.05. The van der Waals surface area contributed by atoms with Crippen LogP contribution in [0.4, 0.5) is 4.39 Å². The highest BCUT2D eigenvalue weighted by Gasteiger charge is 2.32. The molecule has 0 N–H and O–H groups in total. The van der Waals surface area contributed by atoms with Crippen molar-refractivity contribution in [1.82, 2.24) is 14.7 Å². The number of ether oxygens (including phenoxy) is 2. The lowest BCUT2D eigenvalue weighted by molar-refractivity contribution is -0.132. The number of methoxy groups -OCH3 is 2. The first-order valence-corrected chi connectivity index (χ1v) is 13.7. The highest BCUT2D eigenvalue weighted by Crippen LogP contribution is 2.37. The van der Waals surface area contributed by atoms with Gasteiger partial charge in [-0.15, -0.1) is 11.3 Å². The Labute approximate surface area is 226 Å². The van der Waals surface area contributed by atoms with E-state index >= 15 is 0 Å². The number of carbonyl (C=O) groups is 2. The molecule has 0 radical (unpaired) electrons. The lowest BCUT2D eigenvalue weighted by atomic mass is 9.93. The summed E-state index contributed by atoms with van der Waals surface area (Å²) in [7, 11) is 3.11. The molecule has 0 saturated carbocycles. The highest BCUT2D eigenvalue weighted by atomic mass is 32.1. The molecule has 0 unspecified atom stereocenters. The Kier molecular flexibility index (Phi) is 7.95. The van der Waals surface area contributed by atoms with Crippen LogP contribution in [0.3, 0.4) is 0 Å². The molecule has 3 aromatic rings. The molecular weight excluding hydrogens is 505 g/mol. The molecule has 1 fully saturated rings. The van der Waals surface area contributed by atoms with E-state index in [1.807, 2.05) is 11.0 Å². The van der Waals surface area contributed by atoms with Crippen LogP contribution >= 0.6 is 11.3 Å². The minimum atomic E-state index is -0.276. The van der Waals surface area contributed by atoms with E-state index in [2.05, 4.69) is 16.3 Å². The van der Waals surface area contributed by atoms with E-state index in [1.165, 1.54) is 10.9 Å². The fraction of sp³-hybridized carbons (Fsp3) is 0.379. The van der Waals surface area contributed by atoms with Crippen LogP contribution in [0.5, 0.6) is 11.5 Å². The van der Waals surface area contributed by atoms with E-state index in [0.717, 1.165) is 24.1 Å². The molecule has 7 nitrogen and oxygen atoms in total. The molecule has 2 aliphatic rings. The lowest BCUT2D eigenvalue weighted by Gasteiger charge is -2.37. The van der Waals surface area contributed by atoms with Crippen molar-refractivity contribution in [2.24, 2.45) is 0 Å². The van der Waals surface area contributed by atoms with Gasteiger partial charge in [-0.2, -0.15) is 0 Å². The SMILES string of the molecule is COc1cc(OC)cc(C(=O)N2CCCN(C(=O)CN3CCc4sccc4[C@@H]3c3cccc(F)c3)CC2)c1. The fourth-order valence-corrected chi connectivity index (χ4v) is 6.27. The van der Waals surface area contributed by atoms with Gasteiger partial charge in [0.15, 0.2) is 0 Å².